The standard InChI is InChI=1S/C23H21F3N4O3/c1-14-21(31)30(16-7-9-17(10-8-16)33-23(24,25)26)22(32)29(14)13-15-11-12-27-20-18(15)5-4-6-19(20)28(2)3/h4-12,31H,13H2,1-3H3. The van der Waals surface area contributed by atoms with Gasteiger partial charge < -0.3 is 14.7 Å². The average molecular weight is 458 g/mol. The van der Waals surface area contributed by atoms with Gasteiger partial charge in [-0.25, -0.2) is 9.36 Å². The molecule has 2 heterocycles. The number of aromatic nitrogens is 3. The summed E-state index contributed by atoms with van der Waals surface area (Å²) in [5.41, 5.74) is 2.56. The number of hydrogen-bond donors (Lipinski definition) is 1. The summed E-state index contributed by atoms with van der Waals surface area (Å²) in [6, 6.07) is 12.3. The van der Waals surface area contributed by atoms with Crippen molar-refractivity contribution in [2.24, 2.45) is 0 Å². The van der Waals surface area contributed by atoms with E-state index >= 15 is 0 Å². The fourth-order valence-corrected chi connectivity index (χ4v) is 3.74. The van der Waals surface area contributed by atoms with Crippen LogP contribution in [0.15, 0.2) is 59.5 Å². The van der Waals surface area contributed by atoms with Crippen molar-refractivity contribution in [2.45, 2.75) is 19.8 Å². The molecule has 0 aliphatic heterocycles. The maximum absolute atomic E-state index is 13.2. The van der Waals surface area contributed by atoms with E-state index in [9.17, 15) is 23.1 Å². The van der Waals surface area contributed by atoms with Crippen LogP contribution in [0.2, 0.25) is 0 Å². The number of rotatable bonds is 5. The lowest BCUT2D eigenvalue weighted by molar-refractivity contribution is -0.274. The third kappa shape index (κ3) is 4.23. The van der Waals surface area contributed by atoms with Gasteiger partial charge in [-0.15, -0.1) is 13.2 Å². The fourth-order valence-electron chi connectivity index (χ4n) is 3.74. The van der Waals surface area contributed by atoms with Crippen LogP contribution in [0.1, 0.15) is 11.3 Å². The molecule has 4 aromatic rings. The third-order valence-corrected chi connectivity index (χ3v) is 5.34. The molecule has 2 aromatic carbocycles. The number of nitrogens with zero attached hydrogens (tertiary/aromatic N) is 4. The number of halogens is 3. The SMILES string of the molecule is Cc1c(O)n(-c2ccc(OC(F)(F)F)cc2)c(=O)n1Cc1ccnc2c(N(C)C)cccc12. The van der Waals surface area contributed by atoms with Crippen LogP contribution in [-0.4, -0.2) is 39.7 Å². The van der Waals surface area contributed by atoms with E-state index in [4.69, 9.17) is 0 Å². The van der Waals surface area contributed by atoms with Crippen LogP contribution in [0.25, 0.3) is 16.6 Å². The molecule has 33 heavy (non-hydrogen) atoms. The van der Waals surface area contributed by atoms with Crippen LogP contribution in [0.4, 0.5) is 18.9 Å². The molecule has 0 unspecified atom stereocenters. The van der Waals surface area contributed by atoms with Crippen molar-refractivity contribution in [3.8, 4) is 17.3 Å². The molecule has 0 saturated carbocycles. The van der Waals surface area contributed by atoms with Gasteiger partial charge in [-0.2, -0.15) is 0 Å². The van der Waals surface area contributed by atoms with Crippen LogP contribution in [0.3, 0.4) is 0 Å². The summed E-state index contributed by atoms with van der Waals surface area (Å²) in [6.45, 7) is 1.78. The molecule has 7 nitrogen and oxygen atoms in total. The first-order valence-electron chi connectivity index (χ1n) is 9.98. The van der Waals surface area contributed by atoms with E-state index < -0.39 is 17.8 Å². The number of anilines is 1. The number of pyridine rings is 1. The van der Waals surface area contributed by atoms with E-state index in [1.165, 1.54) is 16.7 Å². The molecule has 0 amide bonds. The van der Waals surface area contributed by atoms with Gasteiger partial charge in [0.1, 0.15) is 5.75 Å². The average Bonchev–Trinajstić information content (AvgIpc) is 2.96. The molecular weight excluding hydrogens is 437 g/mol. The van der Waals surface area contributed by atoms with Crippen LogP contribution < -0.4 is 15.3 Å². The van der Waals surface area contributed by atoms with Crippen LogP contribution in [0.5, 0.6) is 11.6 Å². The van der Waals surface area contributed by atoms with E-state index in [-0.39, 0.29) is 18.1 Å². The summed E-state index contributed by atoms with van der Waals surface area (Å²) in [5.74, 6) is -0.716. The van der Waals surface area contributed by atoms with Gasteiger partial charge >= 0.3 is 12.1 Å². The molecule has 0 saturated heterocycles. The molecule has 0 atom stereocenters. The number of ether oxygens (including phenoxy) is 1. The Morgan fingerprint density at radius 2 is 1.79 bits per heavy atom. The lowest BCUT2D eigenvalue weighted by Crippen LogP contribution is -2.24. The summed E-state index contributed by atoms with van der Waals surface area (Å²) in [7, 11) is 3.84. The zero-order valence-electron chi connectivity index (χ0n) is 18.1. The van der Waals surface area contributed by atoms with E-state index in [1.54, 1.807) is 13.1 Å². The van der Waals surface area contributed by atoms with Crippen molar-refractivity contribution < 1.29 is 23.0 Å². The maximum Gasteiger partial charge on any atom is 0.573 e. The summed E-state index contributed by atoms with van der Waals surface area (Å²) in [4.78, 5) is 19.6. The Bertz CT molecular complexity index is 1370. The van der Waals surface area contributed by atoms with Crippen molar-refractivity contribution in [3.05, 3.63) is 76.5 Å². The quantitative estimate of drug-likeness (QED) is 0.485. The van der Waals surface area contributed by atoms with Gasteiger partial charge in [0.15, 0.2) is 0 Å². The number of alkyl halides is 3. The molecule has 0 bridgehead atoms. The molecule has 4 rings (SSSR count). The number of aromatic hydroxyl groups is 1. The minimum absolute atomic E-state index is 0.177. The summed E-state index contributed by atoms with van der Waals surface area (Å²) in [5, 5.41) is 11.5. The number of benzene rings is 2. The van der Waals surface area contributed by atoms with E-state index in [0.717, 1.165) is 38.9 Å². The van der Waals surface area contributed by atoms with Gasteiger partial charge in [0, 0.05) is 25.7 Å². The van der Waals surface area contributed by atoms with Gasteiger partial charge in [-0.1, -0.05) is 12.1 Å². The van der Waals surface area contributed by atoms with Gasteiger partial charge in [-0.05, 0) is 48.9 Å². The molecule has 2 aromatic heterocycles. The van der Waals surface area contributed by atoms with Gasteiger partial charge in [0.25, 0.3) is 0 Å². The highest BCUT2D eigenvalue weighted by molar-refractivity contribution is 5.92. The third-order valence-electron chi connectivity index (χ3n) is 5.34. The summed E-state index contributed by atoms with van der Waals surface area (Å²) in [6.07, 6.45) is -3.15. The highest BCUT2D eigenvalue weighted by atomic mass is 19.4. The maximum atomic E-state index is 13.2. The van der Waals surface area contributed by atoms with Crippen molar-refractivity contribution in [2.75, 3.05) is 19.0 Å². The summed E-state index contributed by atoms with van der Waals surface area (Å²) >= 11 is 0. The fraction of sp³-hybridized carbons (Fsp3) is 0.217. The van der Waals surface area contributed by atoms with Crippen LogP contribution >= 0.6 is 0 Å². The van der Waals surface area contributed by atoms with E-state index in [2.05, 4.69) is 9.72 Å². The van der Waals surface area contributed by atoms with Crippen molar-refractivity contribution in [3.63, 3.8) is 0 Å². The first kappa shape index (κ1) is 22.3. The molecule has 0 fully saturated rings. The van der Waals surface area contributed by atoms with Crippen molar-refractivity contribution >= 4 is 16.6 Å². The first-order valence-corrected chi connectivity index (χ1v) is 9.98. The Labute approximate surface area is 186 Å². The first-order chi connectivity index (χ1) is 15.6. The summed E-state index contributed by atoms with van der Waals surface area (Å²) < 4.78 is 43.5. The molecule has 0 radical (unpaired) electrons. The number of imidazole rings is 1. The Kier molecular flexibility index (Phi) is 5.52. The predicted octanol–water partition coefficient (Wildman–Crippen LogP) is 4.21. The normalized spacial score (nSPS) is 11.7. The number of hydrogen-bond acceptors (Lipinski definition) is 5. The van der Waals surface area contributed by atoms with Crippen molar-refractivity contribution in [1.82, 2.24) is 14.1 Å². The monoisotopic (exact) mass is 458 g/mol. The van der Waals surface area contributed by atoms with Gasteiger partial charge in [-0.3, -0.25) is 9.55 Å². The second-order valence-electron chi connectivity index (χ2n) is 7.69. The highest BCUT2D eigenvalue weighted by Gasteiger charge is 2.31. The zero-order valence-corrected chi connectivity index (χ0v) is 18.1. The molecular formula is C23H21F3N4O3. The molecule has 1 N–H and O–H groups in total. The molecule has 10 heteroatoms. The number of fused-ring (bicyclic) bond motifs is 1. The minimum Gasteiger partial charge on any atom is -0.493 e. The lowest BCUT2D eigenvalue weighted by atomic mass is 10.1. The minimum atomic E-state index is -4.82. The second kappa shape index (κ2) is 8.19. The predicted molar refractivity (Wildman–Crippen MR) is 118 cm³/mol. The van der Waals surface area contributed by atoms with E-state index in [1.807, 2.05) is 43.3 Å². The topological polar surface area (TPSA) is 72.5 Å². The van der Waals surface area contributed by atoms with Crippen LogP contribution in [-0.2, 0) is 6.54 Å². The molecule has 172 valence electrons. The van der Waals surface area contributed by atoms with Gasteiger partial charge in [0.2, 0.25) is 5.88 Å². The van der Waals surface area contributed by atoms with Gasteiger partial charge in [0.05, 0.1) is 29.1 Å². The second-order valence-corrected chi connectivity index (χ2v) is 7.69. The van der Waals surface area contributed by atoms with Crippen molar-refractivity contribution in [1.29, 1.82) is 0 Å². The molecule has 0 aliphatic rings. The van der Waals surface area contributed by atoms with E-state index in [0.29, 0.717) is 5.69 Å². The van der Waals surface area contributed by atoms with Crippen LogP contribution in [0, 0.1) is 6.92 Å². The molecule has 0 aliphatic carbocycles. The largest absolute Gasteiger partial charge is 0.573 e. The Balaban J connectivity index is 1.74. The smallest absolute Gasteiger partial charge is 0.493 e. The Morgan fingerprint density at radius 1 is 1.09 bits per heavy atom. The number of para-hydroxylation sites is 1. The zero-order chi connectivity index (χ0) is 23.9. The Hall–Kier alpha value is -3.95. The highest BCUT2D eigenvalue weighted by Crippen LogP contribution is 2.28. The lowest BCUT2D eigenvalue weighted by Gasteiger charge is -2.16. The Morgan fingerprint density at radius 3 is 2.42 bits per heavy atom. The molecule has 0 spiro atoms.